The Hall–Kier alpha value is -1.50. The molecule has 0 aliphatic rings. The van der Waals surface area contributed by atoms with Gasteiger partial charge in [-0.2, -0.15) is 0 Å². The highest BCUT2D eigenvalue weighted by molar-refractivity contribution is 5.39. The summed E-state index contributed by atoms with van der Waals surface area (Å²) in [4.78, 5) is 0. The van der Waals surface area contributed by atoms with Crippen LogP contribution >= 0.6 is 0 Å². The van der Waals surface area contributed by atoms with Gasteiger partial charge in [-0.15, -0.1) is 13.2 Å². The Morgan fingerprint density at radius 1 is 1.12 bits per heavy atom. The van der Waals surface area contributed by atoms with Crippen molar-refractivity contribution >= 4 is 0 Å². The minimum atomic E-state index is -4.68. The quantitative estimate of drug-likeness (QED) is 0.597. The molecule has 96 valence electrons. The summed E-state index contributed by atoms with van der Waals surface area (Å²) in [5, 5.41) is 0. The molecule has 0 N–H and O–H groups in total. The molecule has 1 aromatic carbocycles. The summed E-state index contributed by atoms with van der Waals surface area (Å²) < 4.78 is 60.9. The first-order valence-electron chi connectivity index (χ1n) is 4.59. The van der Waals surface area contributed by atoms with Crippen molar-refractivity contribution in [2.45, 2.75) is 6.36 Å². The Bertz CT molecular complexity index is 365. The van der Waals surface area contributed by atoms with Crippen molar-refractivity contribution in [2.24, 2.45) is 0 Å². The normalized spacial score (nSPS) is 11.4. The summed E-state index contributed by atoms with van der Waals surface area (Å²) in [7, 11) is 1.30. The minimum Gasteiger partial charge on any atom is -0.493 e. The lowest BCUT2D eigenvalue weighted by Gasteiger charge is -2.11. The van der Waals surface area contributed by atoms with E-state index in [-0.39, 0.29) is 18.1 Å². The number of benzene rings is 1. The molecule has 7 heteroatoms. The largest absolute Gasteiger partial charge is 0.522 e. The molecule has 0 heterocycles. The van der Waals surface area contributed by atoms with Crippen LogP contribution in [0.15, 0.2) is 18.2 Å². The van der Waals surface area contributed by atoms with Gasteiger partial charge in [-0.3, -0.25) is 4.74 Å². The first-order chi connectivity index (χ1) is 7.92. The summed E-state index contributed by atoms with van der Waals surface area (Å²) in [6.07, 6.45) is -4.68. The van der Waals surface area contributed by atoms with Gasteiger partial charge in [0.05, 0.1) is 13.7 Å². The minimum absolute atomic E-state index is 0.108. The van der Waals surface area contributed by atoms with Crippen molar-refractivity contribution in [1.29, 1.82) is 0 Å². The monoisotopic (exact) mass is 254 g/mol. The molecule has 1 rings (SSSR count). The van der Waals surface area contributed by atoms with Gasteiger partial charge < -0.3 is 9.47 Å². The van der Waals surface area contributed by atoms with Crippen LogP contribution in [0.2, 0.25) is 0 Å². The van der Waals surface area contributed by atoms with E-state index in [2.05, 4.69) is 4.74 Å². The van der Waals surface area contributed by atoms with Gasteiger partial charge in [0, 0.05) is 6.07 Å². The highest BCUT2D eigenvalue weighted by atomic mass is 19.4. The maximum Gasteiger partial charge on any atom is 0.522 e. The smallest absolute Gasteiger partial charge is 0.493 e. The zero-order valence-corrected chi connectivity index (χ0v) is 8.88. The molecule has 0 fully saturated rings. The number of ether oxygens (including phenoxy) is 3. The maximum absolute atomic E-state index is 12.8. The molecule has 0 aliphatic heterocycles. The summed E-state index contributed by atoms with van der Waals surface area (Å²) >= 11 is 0. The molecular weight excluding hydrogens is 244 g/mol. The molecular formula is C10H10F4O3. The van der Waals surface area contributed by atoms with E-state index in [1.54, 1.807) is 0 Å². The third kappa shape index (κ3) is 4.90. The average Bonchev–Trinajstić information content (AvgIpc) is 2.24. The zero-order valence-electron chi connectivity index (χ0n) is 8.88. The molecule has 0 bridgehead atoms. The van der Waals surface area contributed by atoms with E-state index in [9.17, 15) is 17.6 Å². The zero-order chi connectivity index (χ0) is 12.9. The van der Waals surface area contributed by atoms with Crippen LogP contribution < -0.4 is 9.47 Å². The van der Waals surface area contributed by atoms with E-state index in [0.29, 0.717) is 0 Å². The van der Waals surface area contributed by atoms with Crippen LogP contribution in [0.4, 0.5) is 17.6 Å². The maximum atomic E-state index is 12.8. The number of methoxy groups -OCH3 is 1. The van der Waals surface area contributed by atoms with Crippen molar-refractivity contribution in [2.75, 3.05) is 20.3 Å². The van der Waals surface area contributed by atoms with Crippen molar-refractivity contribution in [3.05, 3.63) is 24.0 Å². The Kier molecular flexibility index (Phi) is 4.56. The molecule has 0 saturated heterocycles. The first-order valence-corrected chi connectivity index (χ1v) is 4.59. The van der Waals surface area contributed by atoms with Crippen LogP contribution in [-0.2, 0) is 4.74 Å². The van der Waals surface area contributed by atoms with Gasteiger partial charge in [-0.05, 0) is 12.1 Å². The van der Waals surface area contributed by atoms with Gasteiger partial charge in [0.1, 0.15) is 12.4 Å². The number of halogens is 4. The molecule has 0 radical (unpaired) electrons. The Labute approximate surface area is 94.9 Å². The van der Waals surface area contributed by atoms with Crippen LogP contribution in [0.3, 0.4) is 0 Å². The van der Waals surface area contributed by atoms with Gasteiger partial charge in [-0.1, -0.05) is 0 Å². The number of hydrogen-bond donors (Lipinski definition) is 0. The lowest BCUT2D eigenvalue weighted by atomic mass is 10.3. The van der Waals surface area contributed by atoms with Crippen molar-refractivity contribution < 1.29 is 31.8 Å². The third-order valence-corrected chi connectivity index (χ3v) is 1.73. The van der Waals surface area contributed by atoms with Crippen LogP contribution in [0, 0.1) is 5.82 Å². The Morgan fingerprint density at radius 2 is 1.82 bits per heavy atom. The lowest BCUT2D eigenvalue weighted by Crippen LogP contribution is -2.18. The highest BCUT2D eigenvalue weighted by Gasteiger charge is 2.28. The van der Waals surface area contributed by atoms with E-state index in [1.165, 1.54) is 13.2 Å². The fourth-order valence-electron chi connectivity index (χ4n) is 1.07. The summed E-state index contributed by atoms with van der Waals surface area (Å²) in [6.45, 7) is -0.967. The van der Waals surface area contributed by atoms with Gasteiger partial charge in [-0.25, -0.2) is 4.39 Å². The summed E-state index contributed by atoms with van der Waals surface area (Å²) in [5.41, 5.74) is 0. The fraction of sp³-hybridized carbons (Fsp3) is 0.400. The van der Waals surface area contributed by atoms with Crippen molar-refractivity contribution in [3.63, 3.8) is 0 Å². The SMILES string of the molecule is COc1cc(F)ccc1OCCOC(F)(F)F. The Morgan fingerprint density at radius 3 is 2.41 bits per heavy atom. The highest BCUT2D eigenvalue weighted by Crippen LogP contribution is 2.27. The second-order valence-corrected chi connectivity index (χ2v) is 2.94. The molecule has 0 amide bonds. The summed E-state index contributed by atoms with van der Waals surface area (Å²) in [6, 6.07) is 3.45. The Balaban J connectivity index is 2.46. The second-order valence-electron chi connectivity index (χ2n) is 2.94. The standard InChI is InChI=1S/C10H10F4O3/c1-15-9-6-7(11)2-3-8(9)16-4-5-17-10(12,13)14/h2-3,6H,4-5H2,1H3. The molecule has 0 atom stereocenters. The molecule has 0 saturated carbocycles. The van der Waals surface area contributed by atoms with Gasteiger partial charge in [0.25, 0.3) is 0 Å². The second kappa shape index (κ2) is 5.72. The van der Waals surface area contributed by atoms with Crippen molar-refractivity contribution in [3.8, 4) is 11.5 Å². The van der Waals surface area contributed by atoms with E-state index in [4.69, 9.17) is 9.47 Å². The van der Waals surface area contributed by atoms with Crippen LogP contribution in [-0.4, -0.2) is 26.7 Å². The average molecular weight is 254 g/mol. The predicted molar refractivity (Wildman–Crippen MR) is 50.5 cm³/mol. The van der Waals surface area contributed by atoms with Gasteiger partial charge >= 0.3 is 6.36 Å². The summed E-state index contributed by atoms with van der Waals surface area (Å²) in [5.74, 6) is -0.266. The molecule has 3 nitrogen and oxygen atoms in total. The topological polar surface area (TPSA) is 27.7 Å². The van der Waals surface area contributed by atoms with E-state index in [0.717, 1.165) is 12.1 Å². The number of alkyl halides is 3. The molecule has 0 aliphatic carbocycles. The molecule has 17 heavy (non-hydrogen) atoms. The molecule has 0 aromatic heterocycles. The van der Waals surface area contributed by atoms with Gasteiger partial charge in [0.15, 0.2) is 11.5 Å². The van der Waals surface area contributed by atoms with E-state index < -0.39 is 18.8 Å². The van der Waals surface area contributed by atoms with Gasteiger partial charge in [0.2, 0.25) is 0 Å². The number of hydrogen-bond acceptors (Lipinski definition) is 3. The fourth-order valence-corrected chi connectivity index (χ4v) is 1.07. The lowest BCUT2D eigenvalue weighted by molar-refractivity contribution is -0.325. The van der Waals surface area contributed by atoms with E-state index in [1.807, 2.05) is 0 Å². The van der Waals surface area contributed by atoms with Crippen LogP contribution in [0.25, 0.3) is 0 Å². The van der Waals surface area contributed by atoms with Crippen LogP contribution in [0.1, 0.15) is 0 Å². The molecule has 0 unspecified atom stereocenters. The number of rotatable bonds is 5. The van der Waals surface area contributed by atoms with Crippen molar-refractivity contribution in [1.82, 2.24) is 0 Å². The first kappa shape index (κ1) is 13.6. The molecule has 1 aromatic rings. The molecule has 0 spiro atoms. The predicted octanol–water partition coefficient (Wildman–Crippen LogP) is 2.75. The van der Waals surface area contributed by atoms with E-state index >= 15 is 0 Å². The third-order valence-electron chi connectivity index (χ3n) is 1.73. The van der Waals surface area contributed by atoms with Crippen LogP contribution in [0.5, 0.6) is 11.5 Å².